The van der Waals surface area contributed by atoms with E-state index in [9.17, 15) is 26.3 Å². The molecule has 14 heteroatoms. The van der Waals surface area contributed by atoms with Crippen LogP contribution in [0.3, 0.4) is 0 Å². The van der Waals surface area contributed by atoms with Crippen molar-refractivity contribution in [3.63, 3.8) is 0 Å². The van der Waals surface area contributed by atoms with Crippen LogP contribution in [0.2, 0.25) is 0 Å². The number of benzene rings is 2. The SMILES string of the molecule is FC(F)(F)c1ccc(-c2ccc(C3c4nsnc4C(c4ccc(-c5ccc(C(F)(F)F)cc5)s4)c4nsnc43)s2)cc1. The number of rotatable bonds is 4. The average molecular weight is 649 g/mol. The first kappa shape index (κ1) is 27.4. The largest absolute Gasteiger partial charge is 0.416 e. The molecule has 2 aromatic carbocycles. The number of alkyl halides is 6. The monoisotopic (exact) mass is 648 g/mol. The van der Waals surface area contributed by atoms with E-state index in [0.717, 1.165) is 90.0 Å². The van der Waals surface area contributed by atoms with Crippen LogP contribution in [0.15, 0.2) is 72.8 Å². The van der Waals surface area contributed by atoms with Gasteiger partial charge >= 0.3 is 12.4 Å². The summed E-state index contributed by atoms with van der Waals surface area (Å²) in [6, 6.07) is 17.8. The standard InChI is InChI=1S/C28H14F6N4S4/c29-27(30,31)15-5-1-13(2-6-15)17-9-11-19(39-17)21-23-25(37-41-35-23)22(26-24(21)36-42-38-26)20-12-10-18(40-20)14-3-7-16(8-4-14)28(32,33)34/h1-12,21-22H. The first-order valence-electron chi connectivity index (χ1n) is 12.3. The van der Waals surface area contributed by atoms with Gasteiger partial charge in [-0.3, -0.25) is 0 Å². The van der Waals surface area contributed by atoms with E-state index < -0.39 is 23.5 Å². The molecule has 0 radical (unpaired) electrons. The molecule has 0 saturated heterocycles. The Labute approximate surface area is 250 Å². The van der Waals surface area contributed by atoms with Crippen molar-refractivity contribution in [2.75, 3.05) is 0 Å². The predicted molar refractivity (Wildman–Crippen MR) is 151 cm³/mol. The van der Waals surface area contributed by atoms with Crippen molar-refractivity contribution in [3.05, 3.63) is 116 Å². The quantitative estimate of drug-likeness (QED) is 0.179. The number of aromatic nitrogens is 4. The molecule has 0 fully saturated rings. The summed E-state index contributed by atoms with van der Waals surface area (Å²) in [5, 5.41) is 0. The molecule has 0 unspecified atom stereocenters. The molecule has 4 aromatic heterocycles. The van der Waals surface area contributed by atoms with Crippen LogP contribution in [0.25, 0.3) is 20.9 Å². The van der Waals surface area contributed by atoms with Gasteiger partial charge in [0.2, 0.25) is 0 Å². The number of halogens is 6. The fourth-order valence-electron chi connectivity index (χ4n) is 4.98. The summed E-state index contributed by atoms with van der Waals surface area (Å²) < 4.78 is 96.7. The van der Waals surface area contributed by atoms with Crippen LogP contribution in [0.5, 0.6) is 0 Å². The van der Waals surface area contributed by atoms with E-state index in [1.807, 2.05) is 24.3 Å². The first-order chi connectivity index (χ1) is 20.1. The van der Waals surface area contributed by atoms with Gasteiger partial charge in [0, 0.05) is 19.5 Å². The van der Waals surface area contributed by atoms with Crippen LogP contribution in [-0.4, -0.2) is 17.5 Å². The summed E-state index contributed by atoms with van der Waals surface area (Å²) in [5.74, 6) is -0.655. The minimum Gasteiger partial charge on any atom is -0.177 e. The lowest BCUT2D eigenvalue weighted by atomic mass is 9.82. The minimum atomic E-state index is -4.40. The Morgan fingerprint density at radius 1 is 0.452 bits per heavy atom. The average Bonchev–Trinajstić information content (AvgIpc) is 3.77. The summed E-state index contributed by atoms with van der Waals surface area (Å²) in [6.45, 7) is 0. The molecule has 0 spiro atoms. The van der Waals surface area contributed by atoms with E-state index in [0.29, 0.717) is 11.1 Å². The highest BCUT2D eigenvalue weighted by Crippen LogP contribution is 2.50. The van der Waals surface area contributed by atoms with Crippen molar-refractivity contribution in [1.29, 1.82) is 0 Å². The molecule has 1 aliphatic carbocycles. The van der Waals surface area contributed by atoms with Crippen molar-refractivity contribution in [2.24, 2.45) is 0 Å². The highest BCUT2D eigenvalue weighted by atomic mass is 32.1. The molecule has 0 amide bonds. The number of thiophene rings is 2. The van der Waals surface area contributed by atoms with Crippen LogP contribution < -0.4 is 0 Å². The zero-order chi connectivity index (χ0) is 29.2. The smallest absolute Gasteiger partial charge is 0.177 e. The van der Waals surface area contributed by atoms with Gasteiger partial charge in [0.25, 0.3) is 0 Å². The normalized spacial score (nSPS) is 16.8. The van der Waals surface area contributed by atoms with E-state index >= 15 is 0 Å². The van der Waals surface area contributed by atoms with Gasteiger partial charge in [-0.25, -0.2) is 0 Å². The molecule has 4 nitrogen and oxygen atoms in total. The molecule has 212 valence electrons. The molecule has 1 aliphatic rings. The molecular weight excluding hydrogens is 635 g/mol. The van der Waals surface area contributed by atoms with E-state index in [1.54, 1.807) is 0 Å². The third kappa shape index (κ3) is 4.75. The lowest BCUT2D eigenvalue weighted by molar-refractivity contribution is -0.138. The van der Waals surface area contributed by atoms with Gasteiger partial charge in [-0.15, -0.1) is 22.7 Å². The minimum absolute atomic E-state index is 0.328. The maximum atomic E-state index is 13.0. The fourth-order valence-corrected chi connectivity index (χ4v) is 8.45. The third-order valence-electron chi connectivity index (χ3n) is 6.99. The van der Waals surface area contributed by atoms with Crippen LogP contribution in [0.1, 0.15) is 55.5 Å². The number of hydrogen-bond donors (Lipinski definition) is 0. The van der Waals surface area contributed by atoms with Gasteiger partial charge in [-0.05, 0) is 59.7 Å². The second kappa shape index (κ2) is 10.1. The number of hydrogen-bond acceptors (Lipinski definition) is 8. The lowest BCUT2D eigenvalue weighted by Gasteiger charge is -2.24. The van der Waals surface area contributed by atoms with E-state index in [1.165, 1.54) is 46.9 Å². The molecule has 42 heavy (non-hydrogen) atoms. The Bertz CT molecular complexity index is 1710. The van der Waals surface area contributed by atoms with Gasteiger partial charge in [0.15, 0.2) is 0 Å². The summed E-state index contributed by atoms with van der Waals surface area (Å²) in [7, 11) is 0. The summed E-state index contributed by atoms with van der Waals surface area (Å²) in [6.07, 6.45) is -8.80. The van der Waals surface area contributed by atoms with Crippen LogP contribution in [0, 0.1) is 0 Å². The van der Waals surface area contributed by atoms with Crippen LogP contribution >= 0.6 is 46.1 Å². The molecule has 6 aromatic rings. The molecule has 0 N–H and O–H groups in total. The van der Waals surface area contributed by atoms with Gasteiger partial charge < -0.3 is 0 Å². The Hall–Kier alpha value is -3.46. The van der Waals surface area contributed by atoms with Crippen LogP contribution in [0.4, 0.5) is 26.3 Å². The first-order valence-corrected chi connectivity index (χ1v) is 15.4. The highest BCUT2D eigenvalue weighted by Gasteiger charge is 2.42. The van der Waals surface area contributed by atoms with Crippen molar-refractivity contribution in [3.8, 4) is 20.9 Å². The Kier molecular flexibility index (Phi) is 6.57. The van der Waals surface area contributed by atoms with Gasteiger partial charge in [0.05, 0.1) is 69.2 Å². The van der Waals surface area contributed by atoms with E-state index in [4.69, 9.17) is 0 Å². The second-order valence-corrected chi connectivity index (χ2v) is 12.8. The van der Waals surface area contributed by atoms with Crippen molar-refractivity contribution in [1.82, 2.24) is 17.5 Å². The lowest BCUT2D eigenvalue weighted by Crippen LogP contribution is -2.19. The zero-order valence-electron chi connectivity index (χ0n) is 20.8. The Balaban J connectivity index is 1.22. The molecule has 0 aliphatic heterocycles. The topological polar surface area (TPSA) is 51.6 Å². The molecule has 0 saturated carbocycles. The summed E-state index contributed by atoms with van der Waals surface area (Å²) in [5.41, 5.74) is 2.93. The van der Waals surface area contributed by atoms with Crippen LogP contribution in [-0.2, 0) is 12.4 Å². The highest BCUT2D eigenvalue weighted by molar-refractivity contribution is 7.16. The Morgan fingerprint density at radius 2 is 0.786 bits per heavy atom. The maximum Gasteiger partial charge on any atom is 0.416 e. The maximum absolute atomic E-state index is 13.0. The zero-order valence-corrected chi connectivity index (χ0v) is 24.0. The summed E-state index contributed by atoms with van der Waals surface area (Å²) in [4.78, 5) is 3.47. The van der Waals surface area contributed by atoms with Gasteiger partial charge in [-0.1, -0.05) is 24.3 Å². The van der Waals surface area contributed by atoms with Gasteiger partial charge in [-0.2, -0.15) is 43.8 Å². The van der Waals surface area contributed by atoms with Crippen molar-refractivity contribution in [2.45, 2.75) is 24.2 Å². The van der Waals surface area contributed by atoms with E-state index in [-0.39, 0.29) is 11.8 Å². The van der Waals surface area contributed by atoms with Crippen molar-refractivity contribution >= 4 is 46.1 Å². The molecular formula is C28H14F6N4S4. The molecule has 4 heterocycles. The fraction of sp³-hybridized carbons (Fsp3) is 0.143. The summed E-state index contributed by atoms with van der Waals surface area (Å²) >= 11 is 5.08. The molecule has 7 rings (SSSR count). The molecule has 0 atom stereocenters. The van der Waals surface area contributed by atoms with E-state index in [2.05, 4.69) is 17.5 Å². The third-order valence-corrected chi connectivity index (χ3v) is 10.5. The number of nitrogens with zero attached hydrogens (tertiary/aromatic N) is 4. The molecule has 0 bridgehead atoms. The van der Waals surface area contributed by atoms with Gasteiger partial charge in [0.1, 0.15) is 0 Å². The Morgan fingerprint density at radius 3 is 1.10 bits per heavy atom. The number of fused-ring (bicyclic) bond motifs is 2. The second-order valence-electron chi connectivity index (χ2n) is 9.49. The predicted octanol–water partition coefficient (Wildman–Crippen LogP) is 9.56. The van der Waals surface area contributed by atoms with Crippen molar-refractivity contribution < 1.29 is 26.3 Å².